The van der Waals surface area contributed by atoms with Gasteiger partial charge in [-0.3, -0.25) is 4.79 Å². The van der Waals surface area contributed by atoms with Gasteiger partial charge in [0.15, 0.2) is 6.61 Å². The number of aliphatic hydroxyl groups is 1. The number of benzene rings is 1. The molecule has 1 rings (SSSR count). The lowest BCUT2D eigenvalue weighted by Crippen LogP contribution is -2.45. The van der Waals surface area contributed by atoms with Gasteiger partial charge >= 0.3 is 5.97 Å². The highest BCUT2D eigenvalue weighted by Crippen LogP contribution is 2.20. The van der Waals surface area contributed by atoms with E-state index in [9.17, 15) is 9.59 Å². The largest absolute Gasteiger partial charge is 0.483 e. The van der Waals surface area contributed by atoms with Crippen molar-refractivity contribution in [2.45, 2.75) is 19.9 Å². The van der Waals surface area contributed by atoms with Gasteiger partial charge in [0.2, 0.25) is 0 Å². The third-order valence-corrected chi connectivity index (χ3v) is 2.73. The molecule has 0 radical (unpaired) electrons. The summed E-state index contributed by atoms with van der Waals surface area (Å²) in [5.74, 6) is -1.31. The minimum Gasteiger partial charge on any atom is -0.483 e. The molecule has 0 unspecified atom stereocenters. The van der Waals surface area contributed by atoms with Crippen LogP contribution in [0.5, 0.6) is 5.75 Å². The molecule has 6 nitrogen and oxygen atoms in total. The predicted octanol–water partition coefficient (Wildman–Crippen LogP) is 0.244. The third kappa shape index (κ3) is 4.26. The molecule has 0 aliphatic heterocycles. The van der Waals surface area contributed by atoms with Crippen LogP contribution in [0.4, 0.5) is 0 Å². The second-order valence-corrected chi connectivity index (χ2v) is 4.13. The Kier molecular flexibility index (Phi) is 5.32. The molecule has 104 valence electrons. The van der Waals surface area contributed by atoms with E-state index in [0.717, 1.165) is 11.1 Å². The normalized spacial score (nSPS) is 11.7. The number of carbonyl (C=O) groups is 2. The van der Waals surface area contributed by atoms with Gasteiger partial charge in [-0.15, -0.1) is 0 Å². The van der Waals surface area contributed by atoms with E-state index in [1.165, 1.54) is 0 Å². The fourth-order valence-corrected chi connectivity index (χ4v) is 1.45. The first-order valence-corrected chi connectivity index (χ1v) is 5.77. The first-order chi connectivity index (χ1) is 8.95. The zero-order valence-corrected chi connectivity index (χ0v) is 10.8. The fourth-order valence-electron chi connectivity index (χ4n) is 1.45. The number of hydrogen-bond donors (Lipinski definition) is 3. The Morgan fingerprint density at radius 2 is 2.05 bits per heavy atom. The summed E-state index contributed by atoms with van der Waals surface area (Å²) >= 11 is 0. The maximum absolute atomic E-state index is 11.5. The Balaban J connectivity index is 2.55. The number of rotatable bonds is 6. The first-order valence-electron chi connectivity index (χ1n) is 5.77. The number of hydrogen-bond acceptors (Lipinski definition) is 4. The van der Waals surface area contributed by atoms with Crippen molar-refractivity contribution in [1.29, 1.82) is 0 Å². The number of ether oxygens (including phenoxy) is 1. The van der Waals surface area contributed by atoms with Crippen LogP contribution in [0.3, 0.4) is 0 Å². The molecule has 0 saturated heterocycles. The van der Waals surface area contributed by atoms with Crippen molar-refractivity contribution in [1.82, 2.24) is 5.32 Å². The minimum absolute atomic E-state index is 0.298. The van der Waals surface area contributed by atoms with Gasteiger partial charge in [-0.05, 0) is 31.0 Å². The Hall–Kier alpha value is -2.08. The van der Waals surface area contributed by atoms with Gasteiger partial charge in [0.1, 0.15) is 11.8 Å². The summed E-state index contributed by atoms with van der Waals surface area (Å²) < 4.78 is 5.32. The number of carbonyl (C=O) groups excluding carboxylic acids is 1. The summed E-state index contributed by atoms with van der Waals surface area (Å²) in [6.45, 7) is 2.84. The fraction of sp³-hybridized carbons (Fsp3) is 0.385. The SMILES string of the molecule is Cc1cccc(OCC(=O)N[C@H](CO)C(=O)O)c1C. The number of amides is 1. The number of carboxylic acids is 1. The van der Waals surface area contributed by atoms with Gasteiger partial charge < -0.3 is 20.3 Å². The van der Waals surface area contributed by atoms with Crippen LogP contribution >= 0.6 is 0 Å². The first kappa shape index (κ1) is 15.0. The molecule has 0 saturated carbocycles. The van der Waals surface area contributed by atoms with E-state index in [4.69, 9.17) is 14.9 Å². The summed E-state index contributed by atoms with van der Waals surface area (Å²) in [4.78, 5) is 22.1. The van der Waals surface area contributed by atoms with Crippen LogP contribution in [0.15, 0.2) is 18.2 Å². The van der Waals surface area contributed by atoms with Crippen LogP contribution in [0, 0.1) is 13.8 Å². The molecule has 0 heterocycles. The lowest BCUT2D eigenvalue weighted by Gasteiger charge is -2.13. The van der Waals surface area contributed by atoms with Crippen molar-refractivity contribution < 1.29 is 24.5 Å². The lowest BCUT2D eigenvalue weighted by atomic mass is 10.1. The van der Waals surface area contributed by atoms with Gasteiger partial charge in [-0.1, -0.05) is 12.1 Å². The lowest BCUT2D eigenvalue weighted by molar-refractivity contribution is -0.143. The van der Waals surface area contributed by atoms with E-state index in [1.54, 1.807) is 6.07 Å². The van der Waals surface area contributed by atoms with E-state index in [1.807, 2.05) is 26.0 Å². The van der Waals surface area contributed by atoms with Crippen LogP contribution in [-0.2, 0) is 9.59 Å². The molecule has 3 N–H and O–H groups in total. The summed E-state index contributed by atoms with van der Waals surface area (Å²) in [5, 5.41) is 19.6. The Labute approximate surface area is 111 Å². The van der Waals surface area contributed by atoms with Crippen molar-refractivity contribution in [3.05, 3.63) is 29.3 Å². The quantitative estimate of drug-likeness (QED) is 0.686. The molecular formula is C13H17NO5. The van der Waals surface area contributed by atoms with E-state index >= 15 is 0 Å². The highest BCUT2D eigenvalue weighted by Gasteiger charge is 2.18. The van der Waals surface area contributed by atoms with Crippen molar-refractivity contribution in [2.24, 2.45) is 0 Å². The molecule has 19 heavy (non-hydrogen) atoms. The Bertz CT molecular complexity index is 472. The van der Waals surface area contributed by atoms with Gasteiger partial charge in [0, 0.05) is 0 Å². The summed E-state index contributed by atoms with van der Waals surface area (Å²) in [7, 11) is 0. The average Bonchev–Trinajstić information content (AvgIpc) is 2.37. The molecule has 0 spiro atoms. The monoisotopic (exact) mass is 267 g/mol. The number of aryl methyl sites for hydroxylation is 1. The van der Waals surface area contributed by atoms with Gasteiger partial charge in [-0.25, -0.2) is 4.79 Å². The van der Waals surface area contributed by atoms with Crippen LogP contribution < -0.4 is 10.1 Å². The number of carboxylic acid groups (broad SMARTS) is 1. The zero-order chi connectivity index (χ0) is 14.4. The maximum atomic E-state index is 11.5. The molecule has 0 aliphatic carbocycles. The molecule has 1 aromatic rings. The second kappa shape index (κ2) is 6.75. The summed E-state index contributed by atoms with van der Waals surface area (Å²) in [5.41, 5.74) is 1.96. The van der Waals surface area contributed by atoms with E-state index in [-0.39, 0.29) is 6.61 Å². The second-order valence-electron chi connectivity index (χ2n) is 4.13. The highest BCUT2D eigenvalue weighted by molar-refractivity contribution is 5.84. The van der Waals surface area contributed by atoms with E-state index in [0.29, 0.717) is 5.75 Å². The summed E-state index contributed by atoms with van der Waals surface area (Å²) in [6, 6.07) is 4.16. The number of aliphatic carboxylic acids is 1. The Morgan fingerprint density at radius 3 is 2.63 bits per heavy atom. The molecule has 0 bridgehead atoms. The standard InChI is InChI=1S/C13H17NO5/c1-8-4-3-5-11(9(8)2)19-7-12(16)14-10(6-15)13(17)18/h3-5,10,15H,6-7H2,1-2H3,(H,14,16)(H,17,18)/t10-/m1/s1. The zero-order valence-electron chi connectivity index (χ0n) is 10.8. The minimum atomic E-state index is -1.31. The molecule has 1 atom stereocenters. The van der Waals surface area contributed by atoms with E-state index in [2.05, 4.69) is 5.32 Å². The van der Waals surface area contributed by atoms with Crippen LogP contribution in [0.2, 0.25) is 0 Å². The Morgan fingerprint density at radius 1 is 1.37 bits per heavy atom. The molecule has 0 aliphatic rings. The molecule has 0 fully saturated rings. The number of nitrogens with one attached hydrogen (secondary N) is 1. The predicted molar refractivity (Wildman–Crippen MR) is 68.1 cm³/mol. The highest BCUT2D eigenvalue weighted by atomic mass is 16.5. The molecule has 1 aromatic carbocycles. The molecule has 6 heteroatoms. The van der Waals surface area contributed by atoms with Crippen LogP contribution in [0.1, 0.15) is 11.1 Å². The van der Waals surface area contributed by atoms with Crippen molar-refractivity contribution in [2.75, 3.05) is 13.2 Å². The maximum Gasteiger partial charge on any atom is 0.328 e. The third-order valence-electron chi connectivity index (χ3n) is 2.73. The van der Waals surface area contributed by atoms with Gasteiger partial charge in [0.25, 0.3) is 5.91 Å². The summed E-state index contributed by atoms with van der Waals surface area (Å²) in [6.07, 6.45) is 0. The van der Waals surface area contributed by atoms with E-state index < -0.39 is 24.5 Å². The van der Waals surface area contributed by atoms with Crippen molar-refractivity contribution >= 4 is 11.9 Å². The van der Waals surface area contributed by atoms with Gasteiger partial charge in [-0.2, -0.15) is 0 Å². The van der Waals surface area contributed by atoms with Crippen LogP contribution in [0.25, 0.3) is 0 Å². The van der Waals surface area contributed by atoms with Crippen LogP contribution in [-0.4, -0.2) is 41.3 Å². The van der Waals surface area contributed by atoms with Crippen molar-refractivity contribution in [3.8, 4) is 5.75 Å². The molecule has 0 aromatic heterocycles. The molecular weight excluding hydrogens is 250 g/mol. The van der Waals surface area contributed by atoms with Crippen molar-refractivity contribution in [3.63, 3.8) is 0 Å². The average molecular weight is 267 g/mol. The number of aliphatic hydroxyl groups excluding tert-OH is 1. The molecule has 1 amide bonds. The topological polar surface area (TPSA) is 95.9 Å². The smallest absolute Gasteiger partial charge is 0.328 e. The van der Waals surface area contributed by atoms with Gasteiger partial charge in [0.05, 0.1) is 6.61 Å².